The monoisotopic (exact) mass is 335 g/mol. The van der Waals surface area contributed by atoms with Crippen molar-refractivity contribution in [2.75, 3.05) is 12.4 Å². The number of halogens is 2. The summed E-state index contributed by atoms with van der Waals surface area (Å²) in [7, 11) is 1.61. The summed E-state index contributed by atoms with van der Waals surface area (Å²) in [6.07, 6.45) is 0.818. The van der Waals surface area contributed by atoms with E-state index in [0.717, 1.165) is 23.4 Å². The first-order valence-electron chi connectivity index (χ1n) is 6.98. The van der Waals surface area contributed by atoms with Gasteiger partial charge in [-0.1, -0.05) is 23.2 Å². The number of anilines is 1. The van der Waals surface area contributed by atoms with Crippen molar-refractivity contribution in [1.82, 2.24) is 0 Å². The van der Waals surface area contributed by atoms with Crippen LogP contribution in [0, 0.1) is 5.92 Å². The lowest BCUT2D eigenvalue weighted by atomic mass is 10.1. The standard InChI is InChI=1S/C17H15Cl2NO2/c1-22-14-4-2-13(3-5-14)20-17(21)16-9-15(16)10-6-11(18)8-12(19)7-10/h2-8,15-16H,9H2,1H3,(H,20,21). The third kappa shape index (κ3) is 3.37. The molecule has 1 N–H and O–H groups in total. The Morgan fingerprint density at radius 1 is 1.14 bits per heavy atom. The van der Waals surface area contributed by atoms with Crippen LogP contribution in [0.15, 0.2) is 42.5 Å². The maximum atomic E-state index is 12.3. The highest BCUT2D eigenvalue weighted by atomic mass is 35.5. The second kappa shape index (κ2) is 6.19. The van der Waals surface area contributed by atoms with Crippen molar-refractivity contribution in [2.24, 2.45) is 5.92 Å². The van der Waals surface area contributed by atoms with Crippen LogP contribution in [0.3, 0.4) is 0 Å². The van der Waals surface area contributed by atoms with Crippen molar-refractivity contribution in [3.05, 3.63) is 58.1 Å². The number of nitrogens with one attached hydrogen (secondary N) is 1. The van der Waals surface area contributed by atoms with E-state index < -0.39 is 0 Å². The second-order valence-electron chi connectivity index (χ2n) is 5.37. The van der Waals surface area contributed by atoms with Gasteiger partial charge in [0, 0.05) is 21.7 Å². The van der Waals surface area contributed by atoms with Crippen LogP contribution in [0.25, 0.3) is 0 Å². The van der Waals surface area contributed by atoms with Crippen LogP contribution >= 0.6 is 23.2 Å². The molecule has 1 aliphatic rings. The zero-order chi connectivity index (χ0) is 15.7. The molecule has 2 unspecified atom stereocenters. The number of hydrogen-bond donors (Lipinski definition) is 1. The van der Waals surface area contributed by atoms with Crippen molar-refractivity contribution in [2.45, 2.75) is 12.3 Å². The Hall–Kier alpha value is -1.71. The number of ether oxygens (including phenoxy) is 1. The number of hydrogen-bond acceptors (Lipinski definition) is 2. The minimum absolute atomic E-state index is 0.0197. The normalized spacial score (nSPS) is 19.6. The van der Waals surface area contributed by atoms with Crippen LogP contribution in [0.2, 0.25) is 10.0 Å². The molecular weight excluding hydrogens is 321 g/mol. The van der Waals surface area contributed by atoms with Crippen molar-refractivity contribution < 1.29 is 9.53 Å². The molecule has 1 fully saturated rings. The number of methoxy groups -OCH3 is 1. The van der Waals surface area contributed by atoms with Gasteiger partial charge >= 0.3 is 0 Å². The van der Waals surface area contributed by atoms with Crippen LogP contribution in [0.4, 0.5) is 5.69 Å². The van der Waals surface area contributed by atoms with Crippen molar-refractivity contribution >= 4 is 34.8 Å². The number of carbonyl (C=O) groups is 1. The smallest absolute Gasteiger partial charge is 0.228 e. The Balaban J connectivity index is 1.64. The lowest BCUT2D eigenvalue weighted by Gasteiger charge is -2.06. The van der Waals surface area contributed by atoms with E-state index in [1.807, 2.05) is 36.4 Å². The molecule has 5 heteroatoms. The number of amides is 1. The summed E-state index contributed by atoms with van der Waals surface area (Å²) in [5.41, 5.74) is 1.79. The summed E-state index contributed by atoms with van der Waals surface area (Å²) in [4.78, 5) is 12.3. The molecular formula is C17H15Cl2NO2. The summed E-state index contributed by atoms with van der Waals surface area (Å²) < 4.78 is 5.09. The predicted octanol–water partition coefficient (Wildman–Crippen LogP) is 4.74. The van der Waals surface area contributed by atoms with Gasteiger partial charge in [0.2, 0.25) is 5.91 Å². The van der Waals surface area contributed by atoms with Gasteiger partial charge < -0.3 is 10.1 Å². The van der Waals surface area contributed by atoms with Crippen molar-refractivity contribution in [3.63, 3.8) is 0 Å². The maximum absolute atomic E-state index is 12.3. The third-order valence-corrected chi connectivity index (χ3v) is 4.23. The highest BCUT2D eigenvalue weighted by Crippen LogP contribution is 2.49. The fraction of sp³-hybridized carbons (Fsp3) is 0.235. The number of benzene rings is 2. The van der Waals surface area contributed by atoms with Gasteiger partial charge in [0.15, 0.2) is 0 Å². The van der Waals surface area contributed by atoms with Gasteiger partial charge in [0.1, 0.15) is 5.75 Å². The zero-order valence-electron chi connectivity index (χ0n) is 12.0. The van der Waals surface area contributed by atoms with E-state index in [1.165, 1.54) is 0 Å². The average molecular weight is 336 g/mol. The molecule has 0 aliphatic heterocycles. The number of carbonyl (C=O) groups excluding carboxylic acids is 1. The molecule has 0 heterocycles. The Morgan fingerprint density at radius 3 is 2.36 bits per heavy atom. The molecule has 22 heavy (non-hydrogen) atoms. The van der Waals surface area contributed by atoms with Gasteiger partial charge in [-0.2, -0.15) is 0 Å². The minimum atomic E-state index is -0.0309. The van der Waals surface area contributed by atoms with E-state index >= 15 is 0 Å². The summed E-state index contributed by atoms with van der Waals surface area (Å²) in [5, 5.41) is 4.12. The molecule has 3 nitrogen and oxygen atoms in total. The van der Waals surface area contributed by atoms with E-state index in [0.29, 0.717) is 10.0 Å². The molecule has 0 aromatic heterocycles. The van der Waals surface area contributed by atoms with Crippen LogP contribution in [0.1, 0.15) is 17.9 Å². The quantitative estimate of drug-likeness (QED) is 0.875. The van der Waals surface area contributed by atoms with Crippen LogP contribution in [-0.2, 0) is 4.79 Å². The van der Waals surface area contributed by atoms with Gasteiger partial charge in [0.25, 0.3) is 0 Å². The largest absolute Gasteiger partial charge is 0.497 e. The molecule has 0 saturated heterocycles. The molecule has 1 amide bonds. The van der Waals surface area contributed by atoms with E-state index in [-0.39, 0.29) is 17.7 Å². The van der Waals surface area contributed by atoms with Crippen molar-refractivity contribution in [1.29, 1.82) is 0 Å². The highest BCUT2D eigenvalue weighted by molar-refractivity contribution is 6.34. The fourth-order valence-corrected chi connectivity index (χ4v) is 3.09. The maximum Gasteiger partial charge on any atom is 0.228 e. The first-order chi connectivity index (χ1) is 10.6. The molecule has 2 aromatic rings. The van der Waals surface area contributed by atoms with E-state index in [1.54, 1.807) is 13.2 Å². The molecule has 0 radical (unpaired) electrons. The molecule has 114 valence electrons. The minimum Gasteiger partial charge on any atom is -0.497 e. The molecule has 1 saturated carbocycles. The molecule has 2 aromatic carbocycles. The van der Waals surface area contributed by atoms with Gasteiger partial charge in [-0.15, -0.1) is 0 Å². The van der Waals surface area contributed by atoms with Gasteiger partial charge in [-0.05, 0) is 60.4 Å². The van der Waals surface area contributed by atoms with E-state index in [9.17, 15) is 4.79 Å². The number of rotatable bonds is 4. The van der Waals surface area contributed by atoms with Crippen LogP contribution in [-0.4, -0.2) is 13.0 Å². The van der Waals surface area contributed by atoms with E-state index in [4.69, 9.17) is 27.9 Å². The summed E-state index contributed by atoms with van der Waals surface area (Å²) in [6.45, 7) is 0. The summed E-state index contributed by atoms with van der Waals surface area (Å²) in [5.74, 6) is 0.938. The van der Waals surface area contributed by atoms with Crippen LogP contribution < -0.4 is 10.1 Å². The predicted molar refractivity (Wildman–Crippen MR) is 88.9 cm³/mol. The topological polar surface area (TPSA) is 38.3 Å². The Labute approximate surface area is 139 Å². The zero-order valence-corrected chi connectivity index (χ0v) is 13.5. The molecule has 0 bridgehead atoms. The Kier molecular flexibility index (Phi) is 4.27. The van der Waals surface area contributed by atoms with Crippen molar-refractivity contribution in [3.8, 4) is 5.75 Å². The van der Waals surface area contributed by atoms with E-state index in [2.05, 4.69) is 5.32 Å². The molecule has 2 atom stereocenters. The first-order valence-corrected chi connectivity index (χ1v) is 7.73. The van der Waals surface area contributed by atoms with Crippen LogP contribution in [0.5, 0.6) is 5.75 Å². The molecule has 1 aliphatic carbocycles. The van der Waals surface area contributed by atoms with Gasteiger partial charge in [-0.25, -0.2) is 0 Å². The lowest BCUT2D eigenvalue weighted by Crippen LogP contribution is -2.14. The average Bonchev–Trinajstić information content (AvgIpc) is 3.27. The summed E-state index contributed by atoms with van der Waals surface area (Å²) in [6, 6.07) is 12.7. The SMILES string of the molecule is COc1ccc(NC(=O)C2CC2c2cc(Cl)cc(Cl)c2)cc1. The Morgan fingerprint density at radius 2 is 1.77 bits per heavy atom. The van der Waals surface area contributed by atoms with Gasteiger partial charge in [0.05, 0.1) is 7.11 Å². The Bertz CT molecular complexity index is 680. The second-order valence-corrected chi connectivity index (χ2v) is 6.24. The third-order valence-electron chi connectivity index (χ3n) is 3.80. The fourth-order valence-electron chi connectivity index (χ4n) is 2.55. The molecule has 3 rings (SSSR count). The summed E-state index contributed by atoms with van der Waals surface area (Å²) >= 11 is 12.0. The van der Waals surface area contributed by atoms with Gasteiger partial charge in [-0.3, -0.25) is 4.79 Å². The lowest BCUT2D eigenvalue weighted by molar-refractivity contribution is -0.117. The highest BCUT2D eigenvalue weighted by Gasteiger charge is 2.44. The molecule has 0 spiro atoms. The first kappa shape index (κ1) is 15.2.